The van der Waals surface area contributed by atoms with Crippen LogP contribution in [0.3, 0.4) is 0 Å². The van der Waals surface area contributed by atoms with Crippen LogP contribution < -0.4 is 0 Å². The predicted octanol–water partition coefficient (Wildman–Crippen LogP) is 3.27. The molecule has 4 nitrogen and oxygen atoms in total. The van der Waals surface area contributed by atoms with Crippen LogP contribution in [0.25, 0.3) is 10.8 Å². The largest absolute Gasteiger partial charge is 0.480 e. The molecule has 3 rings (SSSR count). The van der Waals surface area contributed by atoms with Crippen LogP contribution in [0, 0.1) is 5.92 Å². The highest BCUT2D eigenvalue weighted by atomic mass is 16.4. The summed E-state index contributed by atoms with van der Waals surface area (Å²) in [5.41, 5.74) is 1.17. The molecule has 2 aromatic carbocycles. The Morgan fingerprint density at radius 1 is 1.17 bits per heavy atom. The van der Waals surface area contributed by atoms with E-state index in [2.05, 4.69) is 30.3 Å². The van der Waals surface area contributed by atoms with Gasteiger partial charge in [0.15, 0.2) is 0 Å². The second-order valence-corrected chi connectivity index (χ2v) is 6.21. The van der Waals surface area contributed by atoms with Gasteiger partial charge in [-0.3, -0.25) is 9.59 Å². The average Bonchev–Trinajstić information content (AvgIpc) is 3.33. The van der Waals surface area contributed by atoms with E-state index in [1.807, 2.05) is 19.1 Å². The van der Waals surface area contributed by atoms with Gasteiger partial charge in [0.05, 0.1) is 0 Å². The number of carbonyl (C=O) groups excluding carboxylic acids is 1. The van der Waals surface area contributed by atoms with Crippen LogP contribution in [-0.4, -0.2) is 35.0 Å². The quantitative estimate of drug-likeness (QED) is 0.891. The molecule has 4 heteroatoms. The van der Waals surface area contributed by atoms with Crippen LogP contribution in [0.5, 0.6) is 0 Å². The normalized spacial score (nSPS) is 19.5. The Morgan fingerprint density at radius 2 is 1.91 bits per heavy atom. The highest BCUT2D eigenvalue weighted by Gasteiger charge is 2.45. The number of hydrogen-bond acceptors (Lipinski definition) is 2. The van der Waals surface area contributed by atoms with E-state index in [1.54, 1.807) is 0 Å². The summed E-state index contributed by atoms with van der Waals surface area (Å²) in [4.78, 5) is 25.0. The van der Waals surface area contributed by atoms with Crippen molar-refractivity contribution in [3.63, 3.8) is 0 Å². The van der Waals surface area contributed by atoms with Crippen LogP contribution in [0.2, 0.25) is 0 Å². The smallest absolute Gasteiger partial charge is 0.323 e. The maximum absolute atomic E-state index is 12.5. The molecule has 0 bridgehead atoms. The first-order valence-electron chi connectivity index (χ1n) is 8.09. The van der Waals surface area contributed by atoms with Gasteiger partial charge in [0.2, 0.25) is 5.91 Å². The molecule has 0 saturated heterocycles. The summed E-state index contributed by atoms with van der Waals surface area (Å²) in [6, 6.07) is 14.5. The summed E-state index contributed by atoms with van der Waals surface area (Å²) >= 11 is 0. The van der Waals surface area contributed by atoms with Gasteiger partial charge in [0, 0.05) is 12.5 Å². The van der Waals surface area contributed by atoms with E-state index in [1.165, 1.54) is 21.2 Å². The van der Waals surface area contributed by atoms with Crippen molar-refractivity contribution in [2.24, 2.45) is 5.92 Å². The summed E-state index contributed by atoms with van der Waals surface area (Å²) in [5, 5.41) is 11.3. The highest BCUT2D eigenvalue weighted by Crippen LogP contribution is 2.49. The summed E-state index contributed by atoms with van der Waals surface area (Å²) in [6.07, 6.45) is 1.59. The predicted molar refractivity (Wildman–Crippen MR) is 89.3 cm³/mol. The van der Waals surface area contributed by atoms with E-state index >= 15 is 0 Å². The van der Waals surface area contributed by atoms with Gasteiger partial charge in [-0.15, -0.1) is 0 Å². The maximum atomic E-state index is 12.5. The van der Waals surface area contributed by atoms with Crippen molar-refractivity contribution < 1.29 is 14.7 Å². The molecular formula is C19H21NO3. The molecule has 0 aromatic heterocycles. The topological polar surface area (TPSA) is 57.6 Å². The zero-order valence-corrected chi connectivity index (χ0v) is 13.2. The van der Waals surface area contributed by atoms with Crippen LogP contribution in [0.1, 0.15) is 31.2 Å². The first-order chi connectivity index (χ1) is 11.1. The molecule has 23 heavy (non-hydrogen) atoms. The van der Waals surface area contributed by atoms with Crippen LogP contribution in [0.4, 0.5) is 0 Å². The van der Waals surface area contributed by atoms with Gasteiger partial charge in [0.1, 0.15) is 6.54 Å². The van der Waals surface area contributed by atoms with Crippen LogP contribution >= 0.6 is 0 Å². The van der Waals surface area contributed by atoms with Gasteiger partial charge in [-0.1, -0.05) is 49.4 Å². The minimum absolute atomic E-state index is 0.0209. The number of benzene rings is 2. The highest BCUT2D eigenvalue weighted by molar-refractivity contribution is 5.87. The van der Waals surface area contributed by atoms with E-state index in [4.69, 9.17) is 5.11 Å². The van der Waals surface area contributed by atoms with Crippen molar-refractivity contribution in [2.45, 2.75) is 25.7 Å². The number of carboxylic acids is 1. The van der Waals surface area contributed by atoms with Crippen molar-refractivity contribution in [1.29, 1.82) is 0 Å². The standard InChI is InChI=1S/C19H21NO3/c1-2-9-20(12-18(21)22)19(23)17-11-16(17)15-8-7-13-5-3-4-6-14(13)10-15/h3-8,10,16-17H,2,9,11-12H2,1H3,(H,21,22). The van der Waals surface area contributed by atoms with Gasteiger partial charge in [-0.25, -0.2) is 0 Å². The molecule has 0 spiro atoms. The van der Waals surface area contributed by atoms with Gasteiger partial charge in [-0.05, 0) is 35.1 Å². The summed E-state index contributed by atoms with van der Waals surface area (Å²) in [5.74, 6) is -0.815. The summed E-state index contributed by atoms with van der Waals surface area (Å²) in [6.45, 7) is 2.26. The Bertz CT molecular complexity index is 740. The second-order valence-electron chi connectivity index (χ2n) is 6.21. The minimum Gasteiger partial charge on any atom is -0.480 e. The number of carbonyl (C=O) groups is 2. The molecule has 120 valence electrons. The molecule has 0 aliphatic heterocycles. The second kappa shape index (κ2) is 6.41. The van der Waals surface area contributed by atoms with E-state index in [0.29, 0.717) is 6.54 Å². The van der Waals surface area contributed by atoms with E-state index in [0.717, 1.165) is 12.8 Å². The molecule has 0 heterocycles. The lowest BCUT2D eigenvalue weighted by atomic mass is 10.0. The number of hydrogen-bond donors (Lipinski definition) is 1. The molecule has 1 N–H and O–H groups in total. The SMILES string of the molecule is CCCN(CC(=O)O)C(=O)C1CC1c1ccc2ccccc2c1. The third-order valence-corrected chi connectivity index (χ3v) is 4.44. The number of amides is 1. The van der Waals surface area contributed by atoms with E-state index in [-0.39, 0.29) is 24.3 Å². The molecule has 2 unspecified atom stereocenters. The fourth-order valence-electron chi connectivity index (χ4n) is 3.21. The Morgan fingerprint density at radius 3 is 2.61 bits per heavy atom. The third kappa shape index (κ3) is 3.36. The molecule has 1 amide bonds. The van der Waals surface area contributed by atoms with Crippen molar-refractivity contribution in [2.75, 3.05) is 13.1 Å². The monoisotopic (exact) mass is 311 g/mol. The van der Waals surface area contributed by atoms with Crippen molar-refractivity contribution in [3.05, 3.63) is 48.0 Å². The molecule has 1 saturated carbocycles. The van der Waals surface area contributed by atoms with Gasteiger partial charge in [0.25, 0.3) is 0 Å². The zero-order chi connectivity index (χ0) is 16.4. The van der Waals surface area contributed by atoms with Gasteiger partial charge in [-0.2, -0.15) is 0 Å². The molecule has 1 aliphatic carbocycles. The average molecular weight is 311 g/mol. The van der Waals surface area contributed by atoms with Crippen LogP contribution in [0.15, 0.2) is 42.5 Å². The number of nitrogens with zero attached hydrogens (tertiary/aromatic N) is 1. The molecule has 1 aliphatic rings. The van der Waals surface area contributed by atoms with E-state index < -0.39 is 5.97 Å². The lowest BCUT2D eigenvalue weighted by molar-refractivity contribution is -0.145. The Hall–Kier alpha value is -2.36. The van der Waals surface area contributed by atoms with Gasteiger partial charge < -0.3 is 10.0 Å². The first-order valence-corrected chi connectivity index (χ1v) is 8.09. The number of rotatable bonds is 6. The Kier molecular flexibility index (Phi) is 4.33. The van der Waals surface area contributed by atoms with Crippen molar-refractivity contribution >= 4 is 22.6 Å². The fourth-order valence-corrected chi connectivity index (χ4v) is 3.21. The molecule has 0 radical (unpaired) electrons. The van der Waals surface area contributed by atoms with Crippen LogP contribution in [-0.2, 0) is 9.59 Å². The fraction of sp³-hybridized carbons (Fsp3) is 0.368. The number of fused-ring (bicyclic) bond motifs is 1. The molecule has 2 aromatic rings. The minimum atomic E-state index is -0.949. The molecular weight excluding hydrogens is 290 g/mol. The lowest BCUT2D eigenvalue weighted by Crippen LogP contribution is -2.37. The van der Waals surface area contributed by atoms with Crippen molar-refractivity contribution in [1.82, 2.24) is 4.90 Å². The third-order valence-electron chi connectivity index (χ3n) is 4.44. The first kappa shape index (κ1) is 15.5. The number of aliphatic carboxylic acids is 1. The summed E-state index contributed by atoms with van der Waals surface area (Å²) in [7, 11) is 0. The summed E-state index contributed by atoms with van der Waals surface area (Å²) < 4.78 is 0. The lowest BCUT2D eigenvalue weighted by Gasteiger charge is -2.20. The number of carboxylic acid groups (broad SMARTS) is 1. The molecule has 1 fully saturated rings. The maximum Gasteiger partial charge on any atom is 0.323 e. The Labute approximate surface area is 135 Å². The Balaban J connectivity index is 1.73. The van der Waals surface area contributed by atoms with Crippen molar-refractivity contribution in [3.8, 4) is 0 Å². The van der Waals surface area contributed by atoms with E-state index in [9.17, 15) is 9.59 Å². The zero-order valence-electron chi connectivity index (χ0n) is 13.2. The molecule has 2 atom stereocenters. The van der Waals surface area contributed by atoms with Gasteiger partial charge >= 0.3 is 5.97 Å².